The molecule has 2 atom stereocenters. The Morgan fingerprint density at radius 3 is 2.65 bits per heavy atom. The Hall–Kier alpha value is -4.30. The molecular weight excluding hydrogens is 639 g/mol. The van der Waals surface area contributed by atoms with E-state index in [1.807, 2.05) is 0 Å². The number of β-lactam (4-membered cyclic amide) rings is 1. The average molecular weight is 674 g/mol. The standard InChI is InChI=1S/C26H35N13O5S2/c1-25(2,22(42)43)44-35-15(14-11-46-24(29)31-14)19(40)32-16-20(41)38-17(18-33-36-37-34-18)13(10-45-21(16)38)9-39-7-3-5-26(39,6-4-8-39)12-30-23(27)28/h11,16,21H,3-10,12H2,1-2H3,(H8-,27,28,29,30,31,32,33,34,36,37,40,42,43)/b35-15-/t16-,21-,26?,39?/m1/s1. The number of fused-ring (bicyclic) bond motifs is 2. The van der Waals surface area contributed by atoms with E-state index in [0.717, 1.165) is 60.2 Å². The summed E-state index contributed by atoms with van der Waals surface area (Å²) in [5, 5.41) is 32.8. The van der Waals surface area contributed by atoms with Gasteiger partial charge >= 0.3 is 5.97 Å². The molecule has 6 heterocycles. The molecule has 3 saturated heterocycles. The SMILES string of the molecule is CC(C)(O/N=C(\C(=O)N[C@@H]1C(=O)N2C(c3nnn[n-]3)=C(C[N+]34CCCC3(CN=C(N)N)CCC4)CS[C@H]12)c1csc(N)n1)C(=O)O. The molecule has 0 unspecified atom stereocenters. The Morgan fingerprint density at radius 2 is 2.04 bits per heavy atom. The van der Waals surface area contributed by atoms with Gasteiger partial charge in [-0.1, -0.05) is 5.16 Å². The maximum absolute atomic E-state index is 13.8. The van der Waals surface area contributed by atoms with E-state index >= 15 is 0 Å². The van der Waals surface area contributed by atoms with Gasteiger partial charge in [-0.05, 0) is 13.8 Å². The molecule has 4 aliphatic heterocycles. The monoisotopic (exact) mass is 673 g/mol. The molecular formula is C26H35N13O5S2. The number of quaternary nitrogens is 1. The number of thioether (sulfide) groups is 1. The van der Waals surface area contributed by atoms with Crippen LogP contribution in [0.3, 0.4) is 0 Å². The zero-order valence-electron chi connectivity index (χ0n) is 25.2. The third kappa shape index (κ3) is 5.42. The summed E-state index contributed by atoms with van der Waals surface area (Å²) in [4.78, 5) is 54.2. The summed E-state index contributed by atoms with van der Waals surface area (Å²) in [6, 6.07) is -0.926. The van der Waals surface area contributed by atoms with Gasteiger partial charge in [0.1, 0.15) is 29.2 Å². The van der Waals surface area contributed by atoms with E-state index in [1.165, 1.54) is 31.0 Å². The fourth-order valence-corrected chi connectivity index (χ4v) is 8.79. The Kier molecular flexibility index (Phi) is 8.13. The molecule has 246 valence electrons. The second-order valence-electron chi connectivity index (χ2n) is 12.4. The molecule has 0 bridgehead atoms. The molecule has 2 amide bonds. The summed E-state index contributed by atoms with van der Waals surface area (Å²) in [6.45, 7) is 5.74. The molecule has 18 nitrogen and oxygen atoms in total. The number of carboxylic acids is 1. The summed E-state index contributed by atoms with van der Waals surface area (Å²) < 4.78 is 0.820. The number of carbonyl (C=O) groups is 3. The summed E-state index contributed by atoms with van der Waals surface area (Å²) in [5.74, 6) is -1.55. The van der Waals surface area contributed by atoms with Crippen LogP contribution in [-0.4, -0.2) is 119 Å². The van der Waals surface area contributed by atoms with Crippen molar-refractivity contribution >= 4 is 63.4 Å². The Labute approximate surface area is 271 Å². The lowest BCUT2D eigenvalue weighted by atomic mass is 9.92. The first-order valence-electron chi connectivity index (χ1n) is 14.7. The van der Waals surface area contributed by atoms with E-state index < -0.39 is 28.9 Å². The van der Waals surface area contributed by atoms with Crippen molar-refractivity contribution in [3.8, 4) is 0 Å². The van der Waals surface area contributed by atoms with Gasteiger partial charge in [0.15, 0.2) is 16.8 Å². The van der Waals surface area contributed by atoms with Crippen LogP contribution in [0, 0.1) is 0 Å². The van der Waals surface area contributed by atoms with E-state index in [-0.39, 0.29) is 39.8 Å². The number of carboxylic acid groups (broad SMARTS) is 1. The topological polar surface area (TPSA) is 264 Å². The number of tetrazole rings is 1. The van der Waals surface area contributed by atoms with Crippen LogP contribution in [-0.2, 0) is 19.2 Å². The number of amides is 2. The van der Waals surface area contributed by atoms with Crippen molar-refractivity contribution in [1.82, 2.24) is 35.8 Å². The van der Waals surface area contributed by atoms with E-state index in [9.17, 15) is 19.5 Å². The van der Waals surface area contributed by atoms with Crippen LogP contribution in [0.15, 0.2) is 21.1 Å². The minimum atomic E-state index is -1.73. The number of nitrogens with two attached hydrogens (primary N) is 3. The predicted molar refractivity (Wildman–Crippen MR) is 168 cm³/mol. The van der Waals surface area contributed by atoms with Crippen molar-refractivity contribution in [1.29, 1.82) is 0 Å². The van der Waals surface area contributed by atoms with Gasteiger partial charge in [0.25, 0.3) is 11.8 Å². The highest BCUT2D eigenvalue weighted by atomic mass is 32.2. The second-order valence-corrected chi connectivity index (χ2v) is 14.4. The Balaban J connectivity index is 1.27. The predicted octanol–water partition coefficient (Wildman–Crippen LogP) is -1.32. The van der Waals surface area contributed by atoms with Crippen molar-refractivity contribution in [3.05, 3.63) is 22.5 Å². The summed E-state index contributed by atoms with van der Waals surface area (Å²) in [6.07, 6.45) is 4.12. The van der Waals surface area contributed by atoms with Crippen molar-refractivity contribution in [2.24, 2.45) is 21.6 Å². The number of guanidine groups is 1. The fraction of sp³-hybridized carbons (Fsp3) is 0.577. The minimum absolute atomic E-state index is 0.0763. The highest BCUT2D eigenvalue weighted by molar-refractivity contribution is 8.00. The Morgan fingerprint density at radius 1 is 1.30 bits per heavy atom. The second kappa shape index (κ2) is 11.8. The maximum atomic E-state index is 13.8. The van der Waals surface area contributed by atoms with E-state index in [2.05, 4.69) is 41.1 Å². The maximum Gasteiger partial charge on any atom is 0.350 e. The largest absolute Gasteiger partial charge is 0.478 e. The molecule has 0 radical (unpaired) electrons. The fourth-order valence-electron chi connectivity index (χ4n) is 6.91. The van der Waals surface area contributed by atoms with Gasteiger partial charge in [-0.3, -0.25) is 24.8 Å². The van der Waals surface area contributed by atoms with Gasteiger partial charge in [0, 0.05) is 42.4 Å². The van der Waals surface area contributed by atoms with Crippen LogP contribution in [0.25, 0.3) is 5.70 Å². The number of anilines is 1. The lowest BCUT2D eigenvalue weighted by Crippen LogP contribution is -2.70. The van der Waals surface area contributed by atoms with Gasteiger partial charge in [-0.15, -0.1) is 23.1 Å². The van der Waals surface area contributed by atoms with E-state index in [1.54, 1.807) is 4.90 Å². The van der Waals surface area contributed by atoms with Gasteiger partial charge in [0.2, 0.25) is 5.60 Å². The zero-order valence-corrected chi connectivity index (χ0v) is 26.9. The highest BCUT2D eigenvalue weighted by Crippen LogP contribution is 2.50. The molecule has 2 aromatic rings. The number of oxime groups is 1. The smallest absolute Gasteiger partial charge is 0.350 e. The first-order chi connectivity index (χ1) is 21.9. The molecule has 6 rings (SSSR count). The van der Waals surface area contributed by atoms with Crippen LogP contribution in [0.5, 0.6) is 0 Å². The van der Waals surface area contributed by atoms with Crippen molar-refractivity contribution in [3.63, 3.8) is 0 Å². The number of aliphatic carboxylic acids is 1. The number of hydrogen-bond acceptors (Lipinski definition) is 13. The molecule has 2 aromatic heterocycles. The van der Waals surface area contributed by atoms with Gasteiger partial charge in [-0.2, -0.15) is 5.21 Å². The minimum Gasteiger partial charge on any atom is -0.478 e. The molecule has 46 heavy (non-hydrogen) atoms. The number of nitrogens with zero attached hydrogens (tertiary/aromatic N) is 9. The molecule has 3 fully saturated rings. The first-order valence-corrected chi connectivity index (χ1v) is 16.6. The van der Waals surface area contributed by atoms with Crippen molar-refractivity contribution in [2.45, 2.75) is 62.1 Å². The zero-order chi connectivity index (χ0) is 32.9. The molecule has 0 saturated carbocycles. The molecule has 0 spiro atoms. The molecule has 20 heteroatoms. The number of hydrogen-bond donors (Lipinski definition) is 5. The molecule has 0 aromatic carbocycles. The van der Waals surface area contributed by atoms with Crippen molar-refractivity contribution < 1.29 is 28.8 Å². The summed E-state index contributed by atoms with van der Waals surface area (Å²) >= 11 is 2.59. The van der Waals surface area contributed by atoms with Crippen LogP contribution in [0.2, 0.25) is 0 Å². The number of aliphatic imine (C=N–C) groups is 1. The average Bonchev–Trinajstić information content (AvgIpc) is 3.80. The Bertz CT molecular complexity index is 1620. The number of nitrogens with one attached hydrogen (secondary N) is 1. The third-order valence-electron chi connectivity index (χ3n) is 9.24. The number of carbonyl (C=O) groups excluding carboxylic acids is 2. The molecule has 4 aliphatic rings. The quantitative estimate of drug-likeness (QED) is 0.0609. The number of thiazole rings is 1. The lowest BCUT2D eigenvalue weighted by Gasteiger charge is -2.52. The third-order valence-corrected chi connectivity index (χ3v) is 11.3. The van der Waals surface area contributed by atoms with Gasteiger partial charge in [0.05, 0.1) is 31.2 Å². The van der Waals surface area contributed by atoms with Crippen LogP contribution < -0.4 is 27.6 Å². The van der Waals surface area contributed by atoms with Crippen LogP contribution in [0.4, 0.5) is 5.13 Å². The molecule has 8 N–H and O–H groups in total. The van der Waals surface area contributed by atoms with Gasteiger partial charge < -0.3 is 42.0 Å². The normalized spacial score (nSPS) is 27.6. The van der Waals surface area contributed by atoms with Crippen LogP contribution in [0.1, 0.15) is 51.0 Å². The van der Waals surface area contributed by atoms with Gasteiger partial charge in [-0.25, -0.2) is 14.8 Å². The van der Waals surface area contributed by atoms with E-state index in [4.69, 9.17) is 22.0 Å². The first kappa shape index (κ1) is 31.7. The van der Waals surface area contributed by atoms with Crippen molar-refractivity contribution in [2.75, 3.05) is 37.7 Å². The lowest BCUT2D eigenvalue weighted by molar-refractivity contribution is -0.945. The van der Waals surface area contributed by atoms with Crippen LogP contribution >= 0.6 is 23.1 Å². The van der Waals surface area contributed by atoms with E-state index in [0.29, 0.717) is 24.5 Å². The molecule has 0 aliphatic carbocycles. The summed E-state index contributed by atoms with van der Waals surface area (Å²) in [5.41, 5.74) is 16.7. The highest BCUT2D eigenvalue weighted by Gasteiger charge is 2.60. The summed E-state index contributed by atoms with van der Waals surface area (Å²) in [7, 11) is 0. The number of rotatable bonds is 11. The number of nitrogen functional groups attached to an aromatic ring is 1. The number of aromatic nitrogens is 5.